The Morgan fingerprint density at radius 2 is 1.19 bits per heavy atom. The van der Waals surface area contributed by atoms with Gasteiger partial charge in [-0.05, 0) is 22.3 Å². The first kappa shape index (κ1) is 22.8. The second-order valence-corrected chi connectivity index (χ2v) is 7.35. The summed E-state index contributed by atoms with van der Waals surface area (Å²) in [5.74, 6) is 1.10. The lowest BCUT2D eigenvalue weighted by atomic mass is 9.97. The minimum absolute atomic E-state index is 0. The molecule has 0 heterocycles. The predicted octanol–water partition coefficient (Wildman–Crippen LogP) is 4.31. The van der Waals surface area contributed by atoms with Crippen molar-refractivity contribution in [3.63, 3.8) is 0 Å². The molecule has 6 N–H and O–H groups in total. The van der Waals surface area contributed by atoms with Crippen molar-refractivity contribution in [3.8, 4) is 11.1 Å². The molecule has 1 aliphatic rings. The van der Waals surface area contributed by atoms with Crippen molar-refractivity contribution < 1.29 is 4.79 Å². The first-order valence-electron chi connectivity index (χ1n) is 7.21. The molecule has 138 valence electrons. The van der Waals surface area contributed by atoms with Crippen LogP contribution in [0.1, 0.15) is 27.0 Å². The third-order valence-corrected chi connectivity index (χ3v) is 5.34. The van der Waals surface area contributed by atoms with Gasteiger partial charge in [-0.2, -0.15) is 0 Å². The molecule has 0 radical (unpaired) electrons. The van der Waals surface area contributed by atoms with Gasteiger partial charge >= 0.3 is 0 Å². The van der Waals surface area contributed by atoms with E-state index < -0.39 is 0 Å². The number of carbonyl (C=O) groups is 1. The number of nitrogens with one attached hydrogen (secondary N) is 2. The number of amidine groups is 2. The van der Waals surface area contributed by atoms with E-state index in [1.807, 2.05) is 36.4 Å². The van der Waals surface area contributed by atoms with Crippen LogP contribution in [0.5, 0.6) is 0 Å². The summed E-state index contributed by atoms with van der Waals surface area (Å²) >= 11 is 2.48. The van der Waals surface area contributed by atoms with Crippen molar-refractivity contribution in [1.82, 2.24) is 0 Å². The number of carbonyl (C=O) groups excluding carboxylic acids is 1. The van der Waals surface area contributed by atoms with E-state index in [0.29, 0.717) is 22.6 Å². The Morgan fingerprint density at radius 3 is 1.54 bits per heavy atom. The van der Waals surface area contributed by atoms with Crippen LogP contribution in [-0.4, -0.2) is 16.1 Å². The summed E-state index contributed by atoms with van der Waals surface area (Å²) in [4.78, 5) is 12.7. The molecule has 9 heteroatoms. The number of hydrogen-bond acceptors (Lipinski definition) is 5. The molecule has 0 aliphatic heterocycles. The Morgan fingerprint density at radius 1 is 0.808 bits per heavy atom. The average molecular weight is 518 g/mol. The van der Waals surface area contributed by atoms with E-state index >= 15 is 0 Å². The molecule has 0 amide bonds. The normalized spacial score (nSPS) is 11.0. The van der Waals surface area contributed by atoms with E-state index in [9.17, 15) is 4.79 Å². The second kappa shape index (κ2) is 9.59. The molecule has 3 rings (SSSR count). The van der Waals surface area contributed by atoms with E-state index in [4.69, 9.17) is 22.3 Å². The Balaban J connectivity index is 0.00000169. The fourth-order valence-corrected chi connectivity index (χ4v) is 3.97. The standard InChI is InChI=1S/C17H16N4OS2.2BrH/c18-16(19)23-7-9-3-1-5-11-13(9)14-10(8-24-17(20)21)4-2-6-12(14)15(11)22;;/h1-6H,7-8H2,(H3,18,19)(H3,20,21);2*1H. The third kappa shape index (κ3) is 4.51. The van der Waals surface area contributed by atoms with Crippen LogP contribution in [0.4, 0.5) is 0 Å². The van der Waals surface area contributed by atoms with Crippen molar-refractivity contribution >= 4 is 73.6 Å². The predicted molar refractivity (Wildman–Crippen MR) is 122 cm³/mol. The molecule has 0 aromatic heterocycles. The molecule has 0 fully saturated rings. The Kier molecular flexibility index (Phi) is 8.39. The van der Waals surface area contributed by atoms with Gasteiger partial charge in [-0.3, -0.25) is 15.6 Å². The third-order valence-electron chi connectivity index (χ3n) is 3.81. The van der Waals surface area contributed by atoms with Crippen LogP contribution in [0.2, 0.25) is 0 Å². The van der Waals surface area contributed by atoms with E-state index in [1.54, 1.807) is 0 Å². The number of hydrogen-bond donors (Lipinski definition) is 4. The molecule has 2 aromatic rings. The molecule has 26 heavy (non-hydrogen) atoms. The maximum absolute atomic E-state index is 12.7. The molecule has 0 atom stereocenters. The molecule has 0 saturated heterocycles. The van der Waals surface area contributed by atoms with Gasteiger partial charge in [-0.15, -0.1) is 34.0 Å². The SMILES string of the molecule is Br.Br.N=C(N)SCc1cccc2c1-c1c(CSC(=N)N)cccc1C2=O. The van der Waals surface area contributed by atoms with Crippen LogP contribution in [0.3, 0.4) is 0 Å². The van der Waals surface area contributed by atoms with Crippen LogP contribution < -0.4 is 11.5 Å². The van der Waals surface area contributed by atoms with Crippen LogP contribution >= 0.6 is 57.5 Å². The van der Waals surface area contributed by atoms with Gasteiger partial charge < -0.3 is 11.5 Å². The molecule has 2 aromatic carbocycles. The van der Waals surface area contributed by atoms with Gasteiger partial charge in [0, 0.05) is 22.6 Å². The summed E-state index contributed by atoms with van der Waals surface area (Å²) in [5, 5.41) is 14.9. The minimum atomic E-state index is 0. The zero-order valence-electron chi connectivity index (χ0n) is 13.6. The van der Waals surface area contributed by atoms with E-state index in [0.717, 1.165) is 22.3 Å². The summed E-state index contributed by atoms with van der Waals surface area (Å²) in [6, 6.07) is 11.3. The Hall–Kier alpha value is -1.29. The average Bonchev–Trinajstić information content (AvgIpc) is 2.85. The number of nitrogens with two attached hydrogens (primary N) is 2. The topological polar surface area (TPSA) is 117 Å². The van der Waals surface area contributed by atoms with Gasteiger partial charge in [0.2, 0.25) is 0 Å². The fraction of sp³-hybridized carbons (Fsp3) is 0.118. The van der Waals surface area contributed by atoms with E-state index in [-0.39, 0.29) is 50.1 Å². The van der Waals surface area contributed by atoms with E-state index in [1.165, 1.54) is 23.5 Å². The highest BCUT2D eigenvalue weighted by Gasteiger charge is 2.30. The molecular formula is C17H18Br2N4OS2. The molecule has 0 bridgehead atoms. The van der Waals surface area contributed by atoms with Crippen molar-refractivity contribution in [2.75, 3.05) is 0 Å². The first-order valence-corrected chi connectivity index (χ1v) is 9.18. The fourth-order valence-electron chi connectivity index (χ4n) is 2.87. The zero-order valence-corrected chi connectivity index (χ0v) is 18.6. The van der Waals surface area contributed by atoms with Crippen LogP contribution in [0.25, 0.3) is 11.1 Å². The van der Waals surface area contributed by atoms with Crippen LogP contribution in [0, 0.1) is 10.8 Å². The lowest BCUT2D eigenvalue weighted by molar-refractivity contribution is 0.104. The summed E-state index contributed by atoms with van der Waals surface area (Å²) in [7, 11) is 0. The van der Waals surface area contributed by atoms with Gasteiger partial charge in [0.25, 0.3) is 0 Å². The van der Waals surface area contributed by atoms with Crippen molar-refractivity contribution in [2.24, 2.45) is 11.5 Å². The largest absolute Gasteiger partial charge is 0.379 e. The van der Waals surface area contributed by atoms with Crippen molar-refractivity contribution in [2.45, 2.75) is 11.5 Å². The number of fused-ring (bicyclic) bond motifs is 3. The number of rotatable bonds is 4. The highest BCUT2D eigenvalue weighted by atomic mass is 79.9. The quantitative estimate of drug-likeness (QED) is 0.304. The van der Waals surface area contributed by atoms with Crippen LogP contribution in [-0.2, 0) is 11.5 Å². The Labute approximate surface area is 181 Å². The van der Waals surface area contributed by atoms with Gasteiger partial charge in [-0.1, -0.05) is 59.9 Å². The maximum Gasteiger partial charge on any atom is 0.194 e. The molecular weight excluding hydrogens is 500 g/mol. The monoisotopic (exact) mass is 516 g/mol. The molecule has 0 spiro atoms. The summed E-state index contributed by atoms with van der Waals surface area (Å²) < 4.78 is 0. The zero-order chi connectivity index (χ0) is 17.3. The number of benzene rings is 2. The number of ketones is 1. The molecule has 0 unspecified atom stereocenters. The summed E-state index contributed by atoms with van der Waals surface area (Å²) in [6.45, 7) is 0. The second-order valence-electron chi connectivity index (χ2n) is 5.31. The summed E-state index contributed by atoms with van der Waals surface area (Å²) in [6.07, 6.45) is 0. The van der Waals surface area contributed by atoms with Crippen molar-refractivity contribution in [3.05, 3.63) is 58.7 Å². The van der Waals surface area contributed by atoms with Gasteiger partial charge in [0.05, 0.1) is 0 Å². The van der Waals surface area contributed by atoms with E-state index in [2.05, 4.69) is 0 Å². The number of thioether (sulfide) groups is 2. The van der Waals surface area contributed by atoms with Crippen LogP contribution in [0.15, 0.2) is 36.4 Å². The maximum atomic E-state index is 12.7. The highest BCUT2D eigenvalue weighted by molar-refractivity contribution is 8.93. The molecule has 5 nitrogen and oxygen atoms in total. The first-order chi connectivity index (χ1) is 11.5. The Bertz CT molecular complexity index is 804. The molecule has 1 aliphatic carbocycles. The van der Waals surface area contributed by atoms with Gasteiger partial charge in [0.1, 0.15) is 0 Å². The summed E-state index contributed by atoms with van der Waals surface area (Å²) in [5.41, 5.74) is 16.1. The van der Waals surface area contributed by atoms with Gasteiger partial charge in [0.15, 0.2) is 16.1 Å². The van der Waals surface area contributed by atoms with Gasteiger partial charge in [-0.25, -0.2) is 0 Å². The number of halogens is 2. The minimum Gasteiger partial charge on any atom is -0.379 e. The lowest BCUT2D eigenvalue weighted by Gasteiger charge is -2.12. The molecule has 0 saturated carbocycles. The highest BCUT2D eigenvalue weighted by Crippen LogP contribution is 2.42. The lowest BCUT2D eigenvalue weighted by Crippen LogP contribution is -2.05. The smallest absolute Gasteiger partial charge is 0.194 e. The van der Waals surface area contributed by atoms with Crippen molar-refractivity contribution in [1.29, 1.82) is 10.8 Å².